The van der Waals surface area contributed by atoms with Gasteiger partial charge in [0, 0.05) is 29.5 Å². The van der Waals surface area contributed by atoms with Gasteiger partial charge in [-0.3, -0.25) is 9.59 Å². The number of pyridine rings is 1. The van der Waals surface area contributed by atoms with Crippen LogP contribution < -0.4 is 21.1 Å². The van der Waals surface area contributed by atoms with E-state index in [0.29, 0.717) is 10.9 Å². The van der Waals surface area contributed by atoms with E-state index < -0.39 is 23.8 Å². The summed E-state index contributed by atoms with van der Waals surface area (Å²) in [6.45, 7) is 3.54. The fraction of sp³-hybridized carbons (Fsp3) is 0.417. The number of fused-ring (bicyclic) bond motifs is 1. The minimum Gasteiger partial charge on any atom is -0.494 e. The molecule has 4 rings (SSSR count). The molecule has 192 valence electrons. The number of benzene rings is 1. The van der Waals surface area contributed by atoms with Crippen LogP contribution in [-0.2, 0) is 11.0 Å². The Morgan fingerprint density at radius 2 is 1.92 bits per heavy atom. The molecule has 2 heterocycles. The number of nitrogens with zero attached hydrogens (tertiary/aromatic N) is 2. The molecule has 0 saturated heterocycles. The van der Waals surface area contributed by atoms with Crippen molar-refractivity contribution in [2.24, 2.45) is 11.7 Å². The van der Waals surface area contributed by atoms with E-state index in [0.717, 1.165) is 18.9 Å². The Morgan fingerprint density at radius 3 is 2.53 bits per heavy atom. The molecule has 3 aromatic rings. The van der Waals surface area contributed by atoms with Gasteiger partial charge in [0.25, 0.3) is 5.91 Å². The lowest BCUT2D eigenvalue weighted by molar-refractivity contribution is -0.141. The van der Waals surface area contributed by atoms with Crippen molar-refractivity contribution in [1.29, 1.82) is 0 Å². The summed E-state index contributed by atoms with van der Waals surface area (Å²) in [4.78, 5) is 32.9. The van der Waals surface area contributed by atoms with Crippen LogP contribution in [0.25, 0.3) is 22.4 Å². The molecular weight excluding hydrogens is 479 g/mol. The van der Waals surface area contributed by atoms with Crippen molar-refractivity contribution in [2.75, 3.05) is 13.7 Å². The molecule has 1 fully saturated rings. The predicted molar refractivity (Wildman–Crippen MR) is 124 cm³/mol. The van der Waals surface area contributed by atoms with Crippen LogP contribution in [0.15, 0.2) is 28.7 Å². The lowest BCUT2D eigenvalue weighted by Crippen LogP contribution is -2.42. The first-order valence-electron chi connectivity index (χ1n) is 11.4. The SMILES string of the molecule is COc1ccc(-c2nc(C(=O)NC[C@@H](C)NC(=O)C3CC3)c([C@H](C)N)o2)c2ccc(C(F)(F)F)nc12. The second-order valence-corrected chi connectivity index (χ2v) is 8.82. The quantitative estimate of drug-likeness (QED) is 0.426. The van der Waals surface area contributed by atoms with Crippen molar-refractivity contribution in [2.45, 2.75) is 44.9 Å². The largest absolute Gasteiger partial charge is 0.494 e. The number of nitrogens with two attached hydrogens (primary N) is 1. The molecule has 1 aliphatic carbocycles. The maximum Gasteiger partial charge on any atom is 0.433 e. The van der Waals surface area contributed by atoms with Gasteiger partial charge in [-0.05, 0) is 51.0 Å². The highest BCUT2D eigenvalue weighted by atomic mass is 19.4. The van der Waals surface area contributed by atoms with Gasteiger partial charge in [-0.2, -0.15) is 13.2 Å². The first-order chi connectivity index (χ1) is 17.0. The van der Waals surface area contributed by atoms with Crippen LogP contribution >= 0.6 is 0 Å². The van der Waals surface area contributed by atoms with Crippen LogP contribution in [0.3, 0.4) is 0 Å². The van der Waals surface area contributed by atoms with E-state index in [9.17, 15) is 22.8 Å². The fourth-order valence-electron chi connectivity index (χ4n) is 3.71. The molecule has 0 spiro atoms. The molecule has 2 atom stereocenters. The summed E-state index contributed by atoms with van der Waals surface area (Å²) in [5.41, 5.74) is 5.17. The van der Waals surface area contributed by atoms with Crippen LogP contribution in [-0.4, -0.2) is 41.5 Å². The van der Waals surface area contributed by atoms with Crippen LogP contribution in [0, 0.1) is 5.92 Å². The van der Waals surface area contributed by atoms with Gasteiger partial charge in [-0.1, -0.05) is 0 Å². The van der Waals surface area contributed by atoms with E-state index in [1.54, 1.807) is 19.9 Å². The molecule has 36 heavy (non-hydrogen) atoms. The summed E-state index contributed by atoms with van der Waals surface area (Å²) < 4.78 is 50.7. The van der Waals surface area contributed by atoms with E-state index in [1.165, 1.54) is 19.2 Å². The van der Waals surface area contributed by atoms with Gasteiger partial charge in [-0.25, -0.2) is 9.97 Å². The summed E-state index contributed by atoms with van der Waals surface area (Å²) in [5.74, 6) is -0.297. The summed E-state index contributed by atoms with van der Waals surface area (Å²) in [6, 6.07) is 4.12. The van der Waals surface area contributed by atoms with Crippen LogP contribution in [0.1, 0.15) is 54.7 Å². The number of rotatable bonds is 8. The second kappa shape index (κ2) is 9.76. The minimum atomic E-state index is -4.64. The average molecular weight is 505 g/mol. The van der Waals surface area contributed by atoms with Gasteiger partial charge in [0.2, 0.25) is 11.8 Å². The zero-order chi connectivity index (χ0) is 26.2. The lowest BCUT2D eigenvalue weighted by Gasteiger charge is -2.14. The van der Waals surface area contributed by atoms with E-state index in [1.807, 2.05) is 0 Å². The van der Waals surface area contributed by atoms with Crippen molar-refractivity contribution in [3.8, 4) is 17.2 Å². The maximum absolute atomic E-state index is 13.2. The topological polar surface area (TPSA) is 132 Å². The molecule has 0 bridgehead atoms. The number of methoxy groups -OCH3 is 1. The fourth-order valence-corrected chi connectivity index (χ4v) is 3.71. The Kier molecular flexibility index (Phi) is 6.90. The Bertz CT molecular complexity index is 1300. The zero-order valence-corrected chi connectivity index (χ0v) is 19.9. The van der Waals surface area contributed by atoms with E-state index in [2.05, 4.69) is 20.6 Å². The van der Waals surface area contributed by atoms with Gasteiger partial charge in [0.05, 0.1) is 13.2 Å². The summed E-state index contributed by atoms with van der Waals surface area (Å²) in [6.07, 6.45) is -2.89. The van der Waals surface area contributed by atoms with Gasteiger partial charge < -0.3 is 25.5 Å². The predicted octanol–water partition coefficient (Wildman–Crippen LogP) is 3.58. The lowest BCUT2D eigenvalue weighted by atomic mass is 10.1. The van der Waals surface area contributed by atoms with E-state index in [-0.39, 0.29) is 53.0 Å². The number of carbonyl (C=O) groups excluding carboxylic acids is 2. The Hall–Kier alpha value is -3.67. The third kappa shape index (κ3) is 5.27. The van der Waals surface area contributed by atoms with Crippen molar-refractivity contribution < 1.29 is 31.9 Å². The van der Waals surface area contributed by atoms with Gasteiger partial charge in [0.15, 0.2) is 11.5 Å². The highest BCUT2D eigenvalue weighted by Gasteiger charge is 2.33. The number of amides is 2. The first-order valence-corrected chi connectivity index (χ1v) is 11.4. The zero-order valence-electron chi connectivity index (χ0n) is 19.9. The normalized spacial score (nSPS) is 15.4. The second-order valence-electron chi connectivity index (χ2n) is 8.82. The molecule has 2 amide bonds. The molecule has 0 unspecified atom stereocenters. The highest BCUT2D eigenvalue weighted by Crippen LogP contribution is 2.37. The van der Waals surface area contributed by atoms with Gasteiger partial charge >= 0.3 is 6.18 Å². The number of halogens is 3. The third-order valence-electron chi connectivity index (χ3n) is 5.75. The Labute approximate surface area is 204 Å². The molecular formula is C24H26F3N5O4. The summed E-state index contributed by atoms with van der Waals surface area (Å²) in [7, 11) is 1.33. The molecule has 0 aliphatic heterocycles. The summed E-state index contributed by atoms with van der Waals surface area (Å²) >= 11 is 0. The van der Waals surface area contributed by atoms with Crippen LogP contribution in [0.5, 0.6) is 5.75 Å². The number of nitrogens with one attached hydrogen (secondary N) is 2. The molecule has 9 nitrogen and oxygen atoms in total. The minimum absolute atomic E-state index is 0.00301. The van der Waals surface area contributed by atoms with Gasteiger partial charge in [0.1, 0.15) is 17.0 Å². The van der Waals surface area contributed by atoms with Crippen molar-refractivity contribution in [1.82, 2.24) is 20.6 Å². The number of hydrogen-bond acceptors (Lipinski definition) is 7. The summed E-state index contributed by atoms with van der Waals surface area (Å²) in [5, 5.41) is 5.85. The number of oxazole rings is 1. The average Bonchev–Trinajstić information content (AvgIpc) is 3.59. The third-order valence-corrected chi connectivity index (χ3v) is 5.75. The smallest absolute Gasteiger partial charge is 0.433 e. The van der Waals surface area contributed by atoms with E-state index in [4.69, 9.17) is 14.9 Å². The number of aromatic nitrogens is 2. The van der Waals surface area contributed by atoms with Gasteiger partial charge in [-0.15, -0.1) is 0 Å². The Balaban J connectivity index is 1.64. The maximum atomic E-state index is 13.2. The molecule has 4 N–H and O–H groups in total. The van der Waals surface area contributed by atoms with Crippen LogP contribution in [0.4, 0.5) is 13.2 Å². The van der Waals surface area contributed by atoms with E-state index >= 15 is 0 Å². The van der Waals surface area contributed by atoms with Crippen molar-refractivity contribution in [3.05, 3.63) is 41.4 Å². The molecule has 1 aliphatic rings. The van der Waals surface area contributed by atoms with Crippen molar-refractivity contribution in [3.63, 3.8) is 0 Å². The molecule has 1 aromatic carbocycles. The Morgan fingerprint density at radius 1 is 1.19 bits per heavy atom. The molecule has 12 heteroatoms. The number of hydrogen-bond donors (Lipinski definition) is 3. The number of carbonyl (C=O) groups is 2. The number of alkyl halides is 3. The highest BCUT2D eigenvalue weighted by molar-refractivity contribution is 5.98. The monoisotopic (exact) mass is 505 g/mol. The van der Waals surface area contributed by atoms with Crippen LogP contribution in [0.2, 0.25) is 0 Å². The molecule has 1 saturated carbocycles. The van der Waals surface area contributed by atoms with Crippen molar-refractivity contribution >= 4 is 22.7 Å². The standard InChI is InChI=1S/C24H26F3N5O4/c1-11(30-21(33)13-4-5-13)10-29-22(34)19-20(12(2)28)36-23(32-19)15-6-8-16(35-3)18-14(15)7-9-17(31-18)24(25,26)27/h6-9,11-13H,4-5,10,28H2,1-3H3,(H,29,34)(H,30,33)/t11-,12+/m1/s1. The molecule has 2 aromatic heterocycles. The number of ether oxygens (including phenoxy) is 1. The molecule has 0 radical (unpaired) electrons. The first kappa shape index (κ1) is 25.4.